The van der Waals surface area contributed by atoms with Crippen molar-refractivity contribution >= 4 is 35.8 Å². The summed E-state index contributed by atoms with van der Waals surface area (Å²) in [7, 11) is 8.82. The van der Waals surface area contributed by atoms with Crippen LogP contribution in [0, 0.1) is 10.8 Å². The third-order valence-electron chi connectivity index (χ3n) is 11.8. The van der Waals surface area contributed by atoms with Gasteiger partial charge in [-0.15, -0.1) is 0 Å². The van der Waals surface area contributed by atoms with Gasteiger partial charge in [-0.3, -0.25) is 0 Å². The highest BCUT2D eigenvalue weighted by Crippen LogP contribution is 2.29. The van der Waals surface area contributed by atoms with E-state index in [-0.39, 0.29) is 33.4 Å². The SMILES string of the molecule is COc1ccc(C(=O)OCC(COCC(COC(=O)c2ccc(OC)cc2)(COC(=O)c2ccc(OC)cc2)COC(=O)c2ccc(OC)cc2)(COC(=O)c2ccc(OC)cc2)COC(=O)c2ccc(OC)cc2)cc1. The Balaban J connectivity index is 1.39. The first-order valence-electron chi connectivity index (χ1n) is 23.7. The molecule has 6 aromatic carbocycles. The third-order valence-corrected chi connectivity index (χ3v) is 11.8. The molecule has 0 spiro atoms. The van der Waals surface area contributed by atoms with E-state index >= 15 is 0 Å². The Hall–Kier alpha value is -9.10. The molecule has 6 rings (SSSR count). The number of carbonyl (C=O) groups excluding carboxylic acids is 6. The number of hydrogen-bond donors (Lipinski definition) is 0. The van der Waals surface area contributed by atoms with Crippen molar-refractivity contribution in [1.82, 2.24) is 0 Å². The lowest BCUT2D eigenvalue weighted by molar-refractivity contribution is -0.112. The second kappa shape index (κ2) is 28.0. The molecular weight excluding hydrogens is 1000 g/mol. The van der Waals surface area contributed by atoms with Crippen LogP contribution in [0.25, 0.3) is 0 Å². The molecule has 0 fully saturated rings. The van der Waals surface area contributed by atoms with Crippen molar-refractivity contribution in [3.05, 3.63) is 179 Å². The lowest BCUT2D eigenvalue weighted by Crippen LogP contribution is -2.47. The van der Waals surface area contributed by atoms with Crippen molar-refractivity contribution < 1.29 is 90.3 Å². The van der Waals surface area contributed by atoms with Crippen molar-refractivity contribution in [2.45, 2.75) is 0 Å². The molecule has 0 atom stereocenters. The lowest BCUT2D eigenvalue weighted by atomic mass is 9.90. The summed E-state index contributed by atoms with van der Waals surface area (Å²) in [4.78, 5) is 82.6. The predicted molar refractivity (Wildman–Crippen MR) is 275 cm³/mol. The van der Waals surface area contributed by atoms with Crippen LogP contribution in [-0.2, 0) is 33.2 Å². The van der Waals surface area contributed by atoms with Gasteiger partial charge in [0, 0.05) is 0 Å². The van der Waals surface area contributed by atoms with E-state index < -0.39 is 99.5 Å². The molecule has 77 heavy (non-hydrogen) atoms. The first kappa shape index (κ1) is 57.2. The minimum absolute atomic E-state index is 0.126. The molecule has 0 amide bonds. The zero-order valence-electron chi connectivity index (χ0n) is 43.3. The highest BCUT2D eigenvalue weighted by molar-refractivity contribution is 5.92. The average molecular weight is 1060 g/mol. The normalized spacial score (nSPS) is 11.0. The molecule has 404 valence electrons. The smallest absolute Gasteiger partial charge is 0.338 e. The molecule has 0 saturated carbocycles. The van der Waals surface area contributed by atoms with Gasteiger partial charge in [-0.1, -0.05) is 0 Å². The average Bonchev–Trinajstić information content (AvgIpc) is 3.49. The minimum atomic E-state index is -1.72. The zero-order valence-corrected chi connectivity index (χ0v) is 43.3. The number of rotatable bonds is 28. The quantitative estimate of drug-likeness (QED) is 0.0334. The summed E-state index contributed by atoms with van der Waals surface area (Å²) in [6.45, 7) is -4.65. The van der Waals surface area contributed by atoms with Crippen molar-refractivity contribution in [3.8, 4) is 34.5 Å². The van der Waals surface area contributed by atoms with Gasteiger partial charge in [0.05, 0.1) is 100 Å². The van der Waals surface area contributed by atoms with Crippen LogP contribution in [0.4, 0.5) is 0 Å². The van der Waals surface area contributed by atoms with E-state index in [0.717, 1.165) is 0 Å². The molecule has 0 bridgehead atoms. The number of esters is 6. The van der Waals surface area contributed by atoms with E-state index in [9.17, 15) is 28.8 Å². The summed E-state index contributed by atoms with van der Waals surface area (Å²) in [5.74, 6) is -2.01. The summed E-state index contributed by atoms with van der Waals surface area (Å²) in [5.41, 5.74) is -2.69. The van der Waals surface area contributed by atoms with Gasteiger partial charge in [-0.25, -0.2) is 28.8 Å². The third kappa shape index (κ3) is 16.4. The number of benzene rings is 6. The first-order valence-corrected chi connectivity index (χ1v) is 23.7. The van der Waals surface area contributed by atoms with E-state index in [1.165, 1.54) is 115 Å². The molecule has 0 aromatic heterocycles. The van der Waals surface area contributed by atoms with Gasteiger partial charge in [-0.05, 0) is 146 Å². The Labute approximate surface area is 444 Å². The van der Waals surface area contributed by atoms with E-state index in [2.05, 4.69) is 0 Å². The Bertz CT molecular complexity index is 2380. The number of hydrogen-bond acceptors (Lipinski definition) is 19. The first-order chi connectivity index (χ1) is 37.2. The van der Waals surface area contributed by atoms with Crippen LogP contribution >= 0.6 is 0 Å². The minimum Gasteiger partial charge on any atom is -0.497 e. The maximum absolute atomic E-state index is 13.8. The molecule has 0 heterocycles. The van der Waals surface area contributed by atoms with E-state index in [1.807, 2.05) is 0 Å². The Morgan fingerprint density at radius 2 is 0.390 bits per heavy atom. The van der Waals surface area contributed by atoms with Crippen LogP contribution in [0.2, 0.25) is 0 Å². The van der Waals surface area contributed by atoms with Crippen molar-refractivity contribution in [2.24, 2.45) is 10.8 Å². The molecule has 0 radical (unpaired) electrons. The summed E-state index contributed by atoms with van der Waals surface area (Å²) in [6.07, 6.45) is 0. The maximum atomic E-state index is 13.8. The Morgan fingerprint density at radius 1 is 0.247 bits per heavy atom. The van der Waals surface area contributed by atoms with Crippen LogP contribution in [0.1, 0.15) is 62.1 Å². The van der Waals surface area contributed by atoms with Gasteiger partial charge in [0.2, 0.25) is 0 Å². The van der Waals surface area contributed by atoms with Crippen molar-refractivity contribution in [3.63, 3.8) is 0 Å². The summed E-state index contributed by atoms with van der Waals surface area (Å²) < 4.78 is 73.5. The van der Waals surface area contributed by atoms with E-state index in [0.29, 0.717) is 34.5 Å². The fourth-order valence-corrected chi connectivity index (χ4v) is 7.16. The van der Waals surface area contributed by atoms with Gasteiger partial charge in [0.1, 0.15) is 74.1 Å². The fourth-order valence-electron chi connectivity index (χ4n) is 7.16. The monoisotopic (exact) mass is 1060 g/mol. The van der Waals surface area contributed by atoms with Crippen LogP contribution in [-0.4, -0.2) is 131 Å². The maximum Gasteiger partial charge on any atom is 0.338 e. The molecular formula is C58H58O19. The van der Waals surface area contributed by atoms with Crippen LogP contribution in [0.3, 0.4) is 0 Å². The second-order valence-electron chi connectivity index (χ2n) is 17.3. The van der Waals surface area contributed by atoms with Gasteiger partial charge in [-0.2, -0.15) is 0 Å². The highest BCUT2D eigenvalue weighted by Gasteiger charge is 2.41. The van der Waals surface area contributed by atoms with Gasteiger partial charge in [0.25, 0.3) is 0 Å². The molecule has 0 aliphatic heterocycles. The number of carbonyl (C=O) groups is 6. The zero-order chi connectivity index (χ0) is 55.2. The molecule has 0 aliphatic carbocycles. The predicted octanol–water partition coefficient (Wildman–Crippen LogP) is 8.17. The van der Waals surface area contributed by atoms with Crippen molar-refractivity contribution in [2.75, 3.05) is 95.5 Å². The molecule has 19 nitrogen and oxygen atoms in total. The summed E-state index contributed by atoms with van der Waals surface area (Å²) >= 11 is 0. The van der Waals surface area contributed by atoms with Crippen LogP contribution in [0.5, 0.6) is 34.5 Å². The largest absolute Gasteiger partial charge is 0.497 e. The van der Waals surface area contributed by atoms with Crippen molar-refractivity contribution in [1.29, 1.82) is 0 Å². The summed E-state index contributed by atoms with van der Waals surface area (Å²) in [5, 5.41) is 0. The molecule has 0 saturated heterocycles. The van der Waals surface area contributed by atoms with Gasteiger partial charge < -0.3 is 61.6 Å². The topological polar surface area (TPSA) is 222 Å². The van der Waals surface area contributed by atoms with E-state index in [1.54, 1.807) is 72.8 Å². The fraction of sp³-hybridized carbons (Fsp3) is 0.276. The van der Waals surface area contributed by atoms with Crippen LogP contribution < -0.4 is 28.4 Å². The standard InChI is InChI=1S/C58H58O19/c1-65-45-19-7-39(8-20-45)51(59)72-33-57(34-73-52(60)40-9-21-46(66-2)22-10-40,35-74-53(61)41-11-23-47(67-3)24-12-41)31-71-32-58(36-75-54(62)42-13-25-48(68-4)26-14-42,37-76-55(63)43-15-27-49(69-5)28-16-43)38-77-56(64)44-17-29-50(70-6)30-18-44/h7-30H,31-38H2,1-6H3. The van der Waals surface area contributed by atoms with Gasteiger partial charge in [0.15, 0.2) is 0 Å². The number of ether oxygens (including phenoxy) is 13. The lowest BCUT2D eigenvalue weighted by Gasteiger charge is -2.35. The molecule has 0 aliphatic rings. The van der Waals surface area contributed by atoms with Gasteiger partial charge >= 0.3 is 35.8 Å². The molecule has 19 heteroatoms. The molecule has 0 unspecified atom stereocenters. The summed E-state index contributed by atoms with van der Waals surface area (Å²) in [6, 6.07) is 36.5. The Kier molecular flexibility index (Phi) is 20.8. The second-order valence-corrected chi connectivity index (χ2v) is 17.3. The number of methoxy groups -OCH3 is 6. The Morgan fingerprint density at radius 3 is 0.519 bits per heavy atom. The highest BCUT2D eigenvalue weighted by atomic mass is 16.6. The van der Waals surface area contributed by atoms with Crippen LogP contribution in [0.15, 0.2) is 146 Å². The molecule has 6 aromatic rings. The molecule has 0 N–H and O–H groups in total. The van der Waals surface area contributed by atoms with E-state index in [4.69, 9.17) is 61.6 Å².